The molecule has 168 valence electrons. The smallest absolute Gasteiger partial charge is 0.248 e. The Balaban J connectivity index is 1.81. The van der Waals surface area contributed by atoms with Gasteiger partial charge in [-0.25, -0.2) is 9.37 Å². The van der Waals surface area contributed by atoms with Crippen molar-refractivity contribution < 1.29 is 24.1 Å². The first-order valence-electron chi connectivity index (χ1n) is 9.87. The number of methoxy groups -OCH3 is 1. The van der Waals surface area contributed by atoms with E-state index in [0.717, 1.165) is 0 Å². The van der Waals surface area contributed by atoms with E-state index in [1.54, 1.807) is 43.5 Å². The molecule has 1 amide bonds. The summed E-state index contributed by atoms with van der Waals surface area (Å²) in [7, 11) is 1.54. The lowest BCUT2D eigenvalue weighted by molar-refractivity contribution is -0.128. The van der Waals surface area contributed by atoms with Gasteiger partial charge in [-0.05, 0) is 48.9 Å². The number of phenolic OH excluding ortho intramolecular Hbond substituents is 1. The van der Waals surface area contributed by atoms with Crippen LogP contribution in [0.4, 0.5) is 21.6 Å². The van der Waals surface area contributed by atoms with Gasteiger partial charge >= 0.3 is 0 Å². The number of nitrogens with one attached hydrogen (secondary N) is 2. The van der Waals surface area contributed by atoms with E-state index < -0.39 is 17.8 Å². The molecule has 1 heterocycles. The minimum Gasteiger partial charge on any atom is -0.507 e. The van der Waals surface area contributed by atoms with Crippen molar-refractivity contribution in [3.05, 3.63) is 65.5 Å². The first-order valence-corrected chi connectivity index (χ1v) is 9.87. The summed E-state index contributed by atoms with van der Waals surface area (Å²) in [5, 5.41) is 25.1. The van der Waals surface area contributed by atoms with Crippen LogP contribution in [0.2, 0.25) is 0 Å². The summed E-state index contributed by atoms with van der Waals surface area (Å²) in [4.78, 5) is 15.8. The Labute approximate surface area is 184 Å². The number of carbonyl (C=O) groups excluding carboxylic acids is 1. The number of nitrogens with zero attached hydrogens (tertiary/aromatic N) is 1. The Morgan fingerprint density at radius 1 is 1.22 bits per heavy atom. The van der Waals surface area contributed by atoms with Gasteiger partial charge in [0.25, 0.3) is 0 Å². The lowest BCUT2D eigenvalue weighted by Gasteiger charge is -2.13. The van der Waals surface area contributed by atoms with Gasteiger partial charge in [0, 0.05) is 30.5 Å². The summed E-state index contributed by atoms with van der Waals surface area (Å²) in [6, 6.07) is 12.8. The summed E-state index contributed by atoms with van der Waals surface area (Å²) in [6.45, 7) is 1.78. The number of halogens is 1. The third kappa shape index (κ3) is 5.51. The number of benzene rings is 2. The molecule has 9 heteroatoms. The van der Waals surface area contributed by atoms with Crippen LogP contribution in [-0.2, 0) is 22.7 Å². The number of hydrogen-bond donors (Lipinski definition) is 5. The predicted octanol–water partition coefficient (Wildman–Crippen LogP) is 3.06. The second kappa shape index (κ2) is 10.1. The van der Waals surface area contributed by atoms with Crippen LogP contribution in [0.3, 0.4) is 0 Å². The molecule has 0 unspecified atom stereocenters. The molecule has 0 spiro atoms. The second-order valence-electron chi connectivity index (χ2n) is 7.24. The van der Waals surface area contributed by atoms with Gasteiger partial charge in [0.15, 0.2) is 0 Å². The molecule has 6 N–H and O–H groups in total. The lowest BCUT2D eigenvalue weighted by atomic mass is 10.1. The zero-order chi connectivity index (χ0) is 23.3. The molecule has 1 atom stereocenters. The van der Waals surface area contributed by atoms with Crippen LogP contribution in [0.25, 0.3) is 11.3 Å². The van der Waals surface area contributed by atoms with Gasteiger partial charge in [-0.15, -0.1) is 0 Å². The molecular formula is C23H25FN4O4. The van der Waals surface area contributed by atoms with E-state index in [4.69, 9.17) is 10.5 Å². The second-order valence-corrected chi connectivity index (χ2v) is 7.24. The molecule has 32 heavy (non-hydrogen) atoms. The van der Waals surface area contributed by atoms with Crippen molar-refractivity contribution in [3.8, 4) is 17.0 Å². The minimum absolute atomic E-state index is 0.0199. The molecule has 8 nitrogen and oxygen atoms in total. The van der Waals surface area contributed by atoms with Gasteiger partial charge in [-0.1, -0.05) is 12.1 Å². The largest absolute Gasteiger partial charge is 0.507 e. The molecule has 0 bridgehead atoms. The highest BCUT2D eigenvalue weighted by Crippen LogP contribution is 2.33. The first-order chi connectivity index (χ1) is 15.3. The number of anilines is 3. The number of aromatic nitrogens is 1. The van der Waals surface area contributed by atoms with E-state index in [0.29, 0.717) is 34.7 Å². The maximum absolute atomic E-state index is 14.4. The van der Waals surface area contributed by atoms with Gasteiger partial charge < -0.3 is 31.3 Å². The standard InChI is InChI=1S/C23H25FN4O4/c1-13(29)23(31)26-11-15-4-7-19(28-22(15)25)17-10-16(5-8-21(17)30)27-20-6-3-14(12-32-2)9-18(20)24/h3-10,13,27,29-30H,11-12H2,1-2H3,(H2,25,28)(H,26,31)/t13-/m1/s1. The van der Waals surface area contributed by atoms with E-state index in [1.807, 2.05) is 0 Å². The van der Waals surface area contributed by atoms with Crippen molar-refractivity contribution in [2.24, 2.45) is 0 Å². The predicted molar refractivity (Wildman–Crippen MR) is 120 cm³/mol. The van der Waals surface area contributed by atoms with E-state index in [1.165, 1.54) is 19.1 Å². The Hall–Kier alpha value is -3.69. The number of pyridine rings is 1. The number of aliphatic hydroxyl groups is 1. The molecule has 1 aromatic heterocycles. The molecule has 0 saturated carbocycles. The van der Waals surface area contributed by atoms with Crippen LogP contribution in [0.1, 0.15) is 18.1 Å². The van der Waals surface area contributed by atoms with Gasteiger partial charge in [0.05, 0.1) is 18.0 Å². The summed E-state index contributed by atoms with van der Waals surface area (Å²) in [6.07, 6.45) is -1.13. The molecule has 0 fully saturated rings. The van der Waals surface area contributed by atoms with Crippen LogP contribution in [0.15, 0.2) is 48.5 Å². The number of aliphatic hydroxyl groups excluding tert-OH is 1. The lowest BCUT2D eigenvalue weighted by Crippen LogP contribution is -2.32. The highest BCUT2D eigenvalue weighted by Gasteiger charge is 2.13. The van der Waals surface area contributed by atoms with E-state index >= 15 is 0 Å². The summed E-state index contributed by atoms with van der Waals surface area (Å²) >= 11 is 0. The molecule has 0 aliphatic rings. The van der Waals surface area contributed by atoms with Gasteiger partial charge in [0.1, 0.15) is 23.5 Å². The van der Waals surface area contributed by atoms with Crippen molar-refractivity contribution in [2.45, 2.75) is 26.2 Å². The SMILES string of the molecule is COCc1ccc(Nc2ccc(O)c(-c3ccc(CNC(=O)[C@@H](C)O)c(N)n3)c2)c(F)c1. The Kier molecular flexibility index (Phi) is 7.24. The normalized spacial score (nSPS) is 11.8. The number of rotatable bonds is 8. The molecule has 0 saturated heterocycles. The fourth-order valence-electron chi connectivity index (χ4n) is 3.02. The summed E-state index contributed by atoms with van der Waals surface area (Å²) < 4.78 is 19.4. The number of carbonyl (C=O) groups is 1. The zero-order valence-electron chi connectivity index (χ0n) is 17.7. The average Bonchev–Trinajstić information content (AvgIpc) is 2.76. The van der Waals surface area contributed by atoms with Gasteiger partial charge in [-0.3, -0.25) is 4.79 Å². The Morgan fingerprint density at radius 2 is 2.00 bits per heavy atom. The van der Waals surface area contributed by atoms with Crippen molar-refractivity contribution in [3.63, 3.8) is 0 Å². The van der Waals surface area contributed by atoms with Gasteiger partial charge in [0.2, 0.25) is 5.91 Å². The minimum atomic E-state index is -1.13. The highest BCUT2D eigenvalue weighted by molar-refractivity contribution is 5.80. The van der Waals surface area contributed by atoms with Crippen molar-refractivity contribution >= 4 is 23.1 Å². The topological polar surface area (TPSA) is 130 Å². The molecular weight excluding hydrogens is 415 g/mol. The first kappa shape index (κ1) is 23.0. The number of hydrogen-bond acceptors (Lipinski definition) is 7. The molecule has 3 aromatic rings. The average molecular weight is 440 g/mol. The van der Waals surface area contributed by atoms with E-state index in [2.05, 4.69) is 15.6 Å². The fourth-order valence-corrected chi connectivity index (χ4v) is 3.02. The Morgan fingerprint density at radius 3 is 2.66 bits per heavy atom. The maximum atomic E-state index is 14.4. The third-order valence-corrected chi connectivity index (χ3v) is 4.74. The van der Waals surface area contributed by atoms with E-state index in [-0.39, 0.29) is 23.8 Å². The Bertz CT molecular complexity index is 1120. The molecule has 2 aromatic carbocycles. The fraction of sp³-hybridized carbons (Fsp3) is 0.217. The monoisotopic (exact) mass is 440 g/mol. The zero-order valence-corrected chi connectivity index (χ0v) is 17.7. The van der Waals surface area contributed by atoms with Gasteiger partial charge in [-0.2, -0.15) is 0 Å². The number of nitrogen functional groups attached to an aromatic ring is 1. The number of nitrogens with two attached hydrogens (primary N) is 1. The van der Waals surface area contributed by atoms with Crippen LogP contribution in [0.5, 0.6) is 5.75 Å². The highest BCUT2D eigenvalue weighted by atomic mass is 19.1. The van der Waals surface area contributed by atoms with Crippen LogP contribution < -0.4 is 16.4 Å². The van der Waals surface area contributed by atoms with E-state index in [9.17, 15) is 19.4 Å². The summed E-state index contributed by atoms with van der Waals surface area (Å²) in [5.41, 5.74) is 8.92. The molecule has 0 radical (unpaired) electrons. The number of phenols is 1. The number of amides is 1. The number of ether oxygens (including phenoxy) is 1. The molecule has 0 aliphatic heterocycles. The maximum Gasteiger partial charge on any atom is 0.248 e. The van der Waals surface area contributed by atoms with Crippen molar-refractivity contribution in [1.29, 1.82) is 0 Å². The summed E-state index contributed by atoms with van der Waals surface area (Å²) in [5.74, 6) is -0.799. The molecule has 3 rings (SSSR count). The van der Waals surface area contributed by atoms with Crippen molar-refractivity contribution in [1.82, 2.24) is 10.3 Å². The molecule has 0 aliphatic carbocycles. The van der Waals surface area contributed by atoms with Crippen LogP contribution in [-0.4, -0.2) is 34.3 Å². The van der Waals surface area contributed by atoms with Crippen LogP contribution >= 0.6 is 0 Å². The quantitative estimate of drug-likeness (QED) is 0.340. The number of aromatic hydroxyl groups is 1. The van der Waals surface area contributed by atoms with Crippen molar-refractivity contribution in [2.75, 3.05) is 18.2 Å². The van der Waals surface area contributed by atoms with Crippen LogP contribution in [0, 0.1) is 5.82 Å². The third-order valence-electron chi connectivity index (χ3n) is 4.74.